The van der Waals surface area contributed by atoms with Crippen LogP contribution in [0.4, 0.5) is 0 Å². The van der Waals surface area contributed by atoms with Gasteiger partial charge in [0.1, 0.15) is 0 Å². The molecule has 19 heavy (non-hydrogen) atoms. The summed E-state index contributed by atoms with van der Waals surface area (Å²) in [7, 11) is -3.51. The molecular weight excluding hydrogens is 262 g/mol. The number of sulfonamides is 1. The van der Waals surface area contributed by atoms with Crippen molar-refractivity contribution in [2.24, 2.45) is 11.7 Å². The lowest BCUT2D eigenvalue weighted by molar-refractivity contribution is 0.464. The highest BCUT2D eigenvalue weighted by atomic mass is 32.2. The summed E-state index contributed by atoms with van der Waals surface area (Å²) >= 11 is 0. The summed E-state index contributed by atoms with van der Waals surface area (Å²) in [6.07, 6.45) is 0. The molecule has 5 nitrogen and oxygen atoms in total. The predicted octanol–water partition coefficient (Wildman–Crippen LogP) is 0.834. The van der Waals surface area contributed by atoms with Gasteiger partial charge in [0.2, 0.25) is 10.0 Å². The molecule has 0 spiro atoms. The molecule has 2 atom stereocenters. The van der Waals surface area contributed by atoms with Crippen LogP contribution in [0.5, 0.6) is 0 Å². The molecule has 0 aliphatic carbocycles. The van der Waals surface area contributed by atoms with Gasteiger partial charge in [0, 0.05) is 19.1 Å². The molecule has 2 N–H and O–H groups in total. The largest absolute Gasteiger partial charge is 0.326 e. The van der Waals surface area contributed by atoms with E-state index >= 15 is 0 Å². The van der Waals surface area contributed by atoms with Gasteiger partial charge < -0.3 is 5.73 Å². The van der Waals surface area contributed by atoms with Crippen molar-refractivity contribution < 1.29 is 8.42 Å². The molecule has 1 aliphatic rings. The third kappa shape index (κ3) is 2.50. The van der Waals surface area contributed by atoms with E-state index in [9.17, 15) is 8.42 Å². The molecule has 0 radical (unpaired) electrons. The number of aryl methyl sites for hydroxylation is 1. The molecule has 0 saturated carbocycles. The lowest BCUT2D eigenvalue weighted by Gasteiger charge is -2.16. The summed E-state index contributed by atoms with van der Waals surface area (Å²) in [5.74, 6) is 0.161. The lowest BCUT2D eigenvalue weighted by Crippen LogP contribution is -2.32. The Bertz CT molecular complexity index is 624. The Labute approximate surface area is 113 Å². The van der Waals surface area contributed by atoms with Gasteiger partial charge in [-0.1, -0.05) is 6.92 Å². The van der Waals surface area contributed by atoms with Crippen molar-refractivity contribution in [1.29, 1.82) is 5.26 Å². The van der Waals surface area contributed by atoms with Gasteiger partial charge >= 0.3 is 0 Å². The second-order valence-electron chi connectivity index (χ2n) is 5.05. The maximum absolute atomic E-state index is 12.5. The number of nitriles is 1. The van der Waals surface area contributed by atoms with Gasteiger partial charge in [-0.15, -0.1) is 0 Å². The summed E-state index contributed by atoms with van der Waals surface area (Å²) in [6.45, 7) is 4.48. The molecular formula is C13H17N3O2S. The molecule has 1 fully saturated rings. The molecule has 0 aromatic heterocycles. The van der Waals surface area contributed by atoms with Crippen LogP contribution in [0.3, 0.4) is 0 Å². The Morgan fingerprint density at radius 1 is 1.42 bits per heavy atom. The Morgan fingerprint density at radius 2 is 2.11 bits per heavy atom. The monoisotopic (exact) mass is 279 g/mol. The third-order valence-electron chi connectivity index (χ3n) is 3.59. The molecule has 102 valence electrons. The van der Waals surface area contributed by atoms with Gasteiger partial charge in [-0.2, -0.15) is 9.57 Å². The van der Waals surface area contributed by atoms with E-state index in [0.29, 0.717) is 24.2 Å². The van der Waals surface area contributed by atoms with Crippen LogP contribution in [0, 0.1) is 24.2 Å². The first-order valence-corrected chi connectivity index (χ1v) is 7.56. The molecule has 0 bridgehead atoms. The number of benzene rings is 1. The van der Waals surface area contributed by atoms with E-state index in [2.05, 4.69) is 0 Å². The molecule has 0 amide bonds. The van der Waals surface area contributed by atoms with Crippen LogP contribution in [0.2, 0.25) is 0 Å². The zero-order valence-corrected chi connectivity index (χ0v) is 11.8. The number of nitrogens with two attached hydrogens (primary N) is 1. The van der Waals surface area contributed by atoms with E-state index in [1.54, 1.807) is 19.1 Å². The third-order valence-corrected chi connectivity index (χ3v) is 5.42. The molecule has 1 aliphatic heterocycles. The van der Waals surface area contributed by atoms with Crippen molar-refractivity contribution in [3.63, 3.8) is 0 Å². The summed E-state index contributed by atoms with van der Waals surface area (Å²) in [5, 5.41) is 8.87. The van der Waals surface area contributed by atoms with Crippen LogP contribution in [0.1, 0.15) is 18.1 Å². The van der Waals surface area contributed by atoms with Gasteiger partial charge in [-0.3, -0.25) is 0 Å². The Balaban J connectivity index is 2.36. The van der Waals surface area contributed by atoms with E-state index in [0.717, 1.165) is 0 Å². The molecule has 6 heteroatoms. The zero-order valence-electron chi connectivity index (χ0n) is 11.0. The molecule has 1 aromatic rings. The molecule has 1 aromatic carbocycles. The average Bonchev–Trinajstić information content (AvgIpc) is 2.70. The summed E-state index contributed by atoms with van der Waals surface area (Å²) < 4.78 is 26.3. The first-order valence-electron chi connectivity index (χ1n) is 6.12. The van der Waals surface area contributed by atoms with E-state index in [1.807, 2.05) is 13.0 Å². The second-order valence-corrected chi connectivity index (χ2v) is 6.99. The highest BCUT2D eigenvalue weighted by molar-refractivity contribution is 7.89. The molecule has 1 heterocycles. The fourth-order valence-corrected chi connectivity index (χ4v) is 3.88. The topological polar surface area (TPSA) is 87.2 Å². The van der Waals surface area contributed by atoms with E-state index < -0.39 is 10.0 Å². The maximum atomic E-state index is 12.5. The Hall–Kier alpha value is -1.42. The lowest BCUT2D eigenvalue weighted by atomic mass is 10.1. The van der Waals surface area contributed by atoms with Crippen molar-refractivity contribution in [2.75, 3.05) is 13.1 Å². The van der Waals surface area contributed by atoms with Gasteiger partial charge in [0.05, 0.1) is 16.5 Å². The van der Waals surface area contributed by atoms with Crippen molar-refractivity contribution in [1.82, 2.24) is 4.31 Å². The van der Waals surface area contributed by atoms with Crippen LogP contribution in [-0.4, -0.2) is 31.9 Å². The van der Waals surface area contributed by atoms with Crippen molar-refractivity contribution in [2.45, 2.75) is 24.8 Å². The number of hydrogen-bond donors (Lipinski definition) is 1. The smallest absolute Gasteiger partial charge is 0.243 e. The highest BCUT2D eigenvalue weighted by Crippen LogP contribution is 2.24. The standard InChI is InChI=1S/C13H17N3O2S/c1-9-5-12(4-3-11(9)6-14)19(17,18)16-7-10(2)13(15)8-16/h3-5,10,13H,7-8,15H2,1-2H3. The van der Waals surface area contributed by atoms with Crippen LogP contribution < -0.4 is 5.73 Å². The van der Waals surface area contributed by atoms with Crippen LogP contribution in [-0.2, 0) is 10.0 Å². The second kappa shape index (κ2) is 4.93. The minimum absolute atomic E-state index is 0.116. The van der Waals surface area contributed by atoms with Crippen molar-refractivity contribution in [3.05, 3.63) is 29.3 Å². The minimum Gasteiger partial charge on any atom is -0.326 e. The number of nitrogens with zero attached hydrogens (tertiary/aromatic N) is 2. The van der Waals surface area contributed by atoms with E-state index in [1.165, 1.54) is 10.4 Å². The molecule has 2 rings (SSSR count). The quantitative estimate of drug-likeness (QED) is 0.868. The molecule has 1 saturated heterocycles. The predicted molar refractivity (Wildman–Crippen MR) is 71.8 cm³/mol. The Morgan fingerprint density at radius 3 is 2.58 bits per heavy atom. The maximum Gasteiger partial charge on any atom is 0.243 e. The highest BCUT2D eigenvalue weighted by Gasteiger charge is 2.35. The van der Waals surface area contributed by atoms with Gasteiger partial charge in [0.15, 0.2) is 0 Å². The first kappa shape index (κ1) is 14.0. The van der Waals surface area contributed by atoms with Gasteiger partial charge in [-0.05, 0) is 36.6 Å². The summed E-state index contributed by atoms with van der Waals surface area (Å²) in [6, 6.07) is 6.48. The molecule has 2 unspecified atom stereocenters. The van der Waals surface area contributed by atoms with Crippen LogP contribution >= 0.6 is 0 Å². The minimum atomic E-state index is -3.51. The van der Waals surface area contributed by atoms with Gasteiger partial charge in [0.25, 0.3) is 0 Å². The zero-order chi connectivity index (χ0) is 14.2. The summed E-state index contributed by atoms with van der Waals surface area (Å²) in [4.78, 5) is 0.227. The van der Waals surface area contributed by atoms with E-state index in [4.69, 9.17) is 11.0 Å². The average molecular weight is 279 g/mol. The fraction of sp³-hybridized carbons (Fsp3) is 0.462. The Kier molecular flexibility index (Phi) is 3.63. The summed E-state index contributed by atoms with van der Waals surface area (Å²) in [5.41, 5.74) is 7.03. The fourth-order valence-electron chi connectivity index (χ4n) is 2.21. The van der Waals surface area contributed by atoms with Crippen molar-refractivity contribution >= 4 is 10.0 Å². The van der Waals surface area contributed by atoms with Gasteiger partial charge in [-0.25, -0.2) is 8.42 Å². The van der Waals surface area contributed by atoms with Crippen LogP contribution in [0.25, 0.3) is 0 Å². The SMILES string of the molecule is Cc1cc(S(=O)(=O)N2CC(C)C(N)C2)ccc1C#N. The normalized spacial score (nSPS) is 24.3. The van der Waals surface area contributed by atoms with Crippen LogP contribution in [0.15, 0.2) is 23.1 Å². The van der Waals surface area contributed by atoms with E-state index in [-0.39, 0.29) is 16.9 Å². The van der Waals surface area contributed by atoms with Crippen molar-refractivity contribution in [3.8, 4) is 6.07 Å². The number of rotatable bonds is 2. The number of hydrogen-bond acceptors (Lipinski definition) is 4. The first-order chi connectivity index (χ1) is 8.86.